The summed E-state index contributed by atoms with van der Waals surface area (Å²) in [7, 11) is 0. The van der Waals surface area contributed by atoms with E-state index in [9.17, 15) is 4.79 Å². The van der Waals surface area contributed by atoms with Crippen LogP contribution in [0.2, 0.25) is 10.0 Å². The molecule has 0 saturated carbocycles. The topological polar surface area (TPSA) is 87.4 Å². The van der Waals surface area contributed by atoms with Gasteiger partial charge in [-0.25, -0.2) is 4.39 Å². The molecule has 2 aromatic rings. The Bertz CT molecular complexity index is 997. The van der Waals surface area contributed by atoms with Crippen LogP contribution in [0.4, 0.5) is 4.39 Å². The van der Waals surface area contributed by atoms with Crippen LogP contribution in [-0.4, -0.2) is 36.2 Å². The number of carbonyl (C=O) groups is 1. The molecular weight excluding hydrogens is 476 g/mol. The van der Waals surface area contributed by atoms with E-state index in [2.05, 4.69) is 31.4 Å². The van der Waals surface area contributed by atoms with Crippen molar-refractivity contribution in [3.63, 3.8) is 0 Å². The van der Waals surface area contributed by atoms with Gasteiger partial charge in [0, 0.05) is 30.1 Å². The van der Waals surface area contributed by atoms with Gasteiger partial charge in [0.15, 0.2) is 0 Å². The van der Waals surface area contributed by atoms with Gasteiger partial charge >= 0.3 is 0 Å². The smallest absolute Gasteiger partial charge is 0.237 e. The summed E-state index contributed by atoms with van der Waals surface area (Å²) in [5.41, 5.74) is 7.08. The maximum atomic E-state index is 15.4. The number of benzene rings is 2. The number of carbonyl (C=O) groups excluding carboxylic acids is 1. The molecule has 0 bridgehead atoms. The molecule has 186 valence electrons. The van der Waals surface area contributed by atoms with Gasteiger partial charge in [0.2, 0.25) is 5.91 Å². The molecule has 34 heavy (non-hydrogen) atoms. The first-order valence-corrected chi connectivity index (χ1v) is 12.4. The van der Waals surface area contributed by atoms with E-state index in [1.54, 1.807) is 24.3 Å². The SMILES string of the molecule is CC(C)(C)CC1NC(C(=O)NCCCCO)C(c2cccc(Cl)c2F)C1(N)c1ccc(Cl)cc1. The van der Waals surface area contributed by atoms with Crippen molar-refractivity contribution in [1.82, 2.24) is 10.6 Å². The van der Waals surface area contributed by atoms with E-state index in [0.717, 1.165) is 5.56 Å². The summed E-state index contributed by atoms with van der Waals surface area (Å²) < 4.78 is 15.4. The van der Waals surface area contributed by atoms with Crippen molar-refractivity contribution in [2.45, 2.75) is 63.6 Å². The number of nitrogens with one attached hydrogen (secondary N) is 2. The fraction of sp³-hybridized carbons (Fsp3) is 0.500. The predicted molar refractivity (Wildman–Crippen MR) is 136 cm³/mol. The van der Waals surface area contributed by atoms with Crippen molar-refractivity contribution in [2.75, 3.05) is 13.2 Å². The minimum Gasteiger partial charge on any atom is -0.396 e. The van der Waals surface area contributed by atoms with Crippen LogP contribution in [0, 0.1) is 11.2 Å². The van der Waals surface area contributed by atoms with E-state index in [4.69, 9.17) is 34.0 Å². The monoisotopic (exact) mass is 509 g/mol. The maximum absolute atomic E-state index is 15.4. The van der Waals surface area contributed by atoms with Gasteiger partial charge in [-0.2, -0.15) is 0 Å². The number of unbranched alkanes of at least 4 members (excludes halogenated alkanes) is 1. The van der Waals surface area contributed by atoms with E-state index in [0.29, 0.717) is 36.4 Å². The van der Waals surface area contributed by atoms with Crippen molar-refractivity contribution in [3.05, 3.63) is 69.5 Å². The highest BCUT2D eigenvalue weighted by Crippen LogP contribution is 2.49. The third-order valence-corrected chi connectivity index (χ3v) is 6.99. The van der Waals surface area contributed by atoms with Gasteiger partial charge in [-0.05, 0) is 54.0 Å². The highest BCUT2D eigenvalue weighted by atomic mass is 35.5. The summed E-state index contributed by atoms with van der Waals surface area (Å²) in [6.45, 7) is 6.78. The Balaban J connectivity index is 2.14. The summed E-state index contributed by atoms with van der Waals surface area (Å²) in [4.78, 5) is 13.4. The number of nitrogens with two attached hydrogens (primary N) is 1. The number of hydrogen-bond acceptors (Lipinski definition) is 4. The molecule has 1 heterocycles. The van der Waals surface area contributed by atoms with Crippen molar-refractivity contribution in [2.24, 2.45) is 11.1 Å². The molecule has 1 aliphatic heterocycles. The minimum atomic E-state index is -1.11. The third kappa shape index (κ3) is 5.74. The Morgan fingerprint density at radius 1 is 1.18 bits per heavy atom. The lowest BCUT2D eigenvalue weighted by Crippen LogP contribution is -2.52. The van der Waals surface area contributed by atoms with Crippen molar-refractivity contribution in [1.29, 1.82) is 0 Å². The highest BCUT2D eigenvalue weighted by molar-refractivity contribution is 6.31. The predicted octanol–water partition coefficient (Wildman–Crippen LogP) is 4.74. The summed E-state index contributed by atoms with van der Waals surface area (Å²) in [6.07, 6.45) is 1.88. The van der Waals surface area contributed by atoms with Gasteiger partial charge in [-0.15, -0.1) is 0 Å². The van der Waals surface area contributed by atoms with Crippen LogP contribution in [0.15, 0.2) is 42.5 Å². The molecule has 5 nitrogen and oxygen atoms in total. The normalized spacial score (nSPS) is 24.9. The van der Waals surface area contributed by atoms with Gasteiger partial charge in [0.1, 0.15) is 5.82 Å². The molecule has 0 aliphatic carbocycles. The summed E-state index contributed by atoms with van der Waals surface area (Å²) in [5, 5.41) is 16.0. The Morgan fingerprint density at radius 3 is 2.47 bits per heavy atom. The molecule has 0 aromatic heterocycles. The molecule has 0 spiro atoms. The standard InChI is InChI=1S/C26H34Cl2FN3O2/c1-25(2,3)15-20-26(30,16-9-11-17(27)12-10-16)21(18-7-6-8-19(28)22(18)29)23(32-20)24(34)31-13-4-5-14-33/h6-12,20-21,23,32-33H,4-5,13-15,30H2,1-3H3,(H,31,34). The van der Waals surface area contributed by atoms with E-state index in [1.807, 2.05) is 12.1 Å². The van der Waals surface area contributed by atoms with Gasteiger partial charge in [0.25, 0.3) is 0 Å². The van der Waals surface area contributed by atoms with E-state index in [1.165, 1.54) is 6.07 Å². The maximum Gasteiger partial charge on any atom is 0.237 e. The molecule has 8 heteroatoms. The summed E-state index contributed by atoms with van der Waals surface area (Å²) >= 11 is 12.3. The van der Waals surface area contributed by atoms with Gasteiger partial charge in [0.05, 0.1) is 16.6 Å². The van der Waals surface area contributed by atoms with Gasteiger partial charge < -0.3 is 21.5 Å². The number of halogens is 3. The molecule has 1 aliphatic rings. The van der Waals surface area contributed by atoms with Crippen molar-refractivity contribution >= 4 is 29.1 Å². The van der Waals surface area contributed by atoms with E-state index >= 15 is 4.39 Å². The largest absolute Gasteiger partial charge is 0.396 e. The molecule has 2 aromatic carbocycles. The quantitative estimate of drug-likeness (QED) is 0.387. The number of hydrogen-bond donors (Lipinski definition) is 4. The van der Waals surface area contributed by atoms with Crippen LogP contribution in [-0.2, 0) is 10.3 Å². The fourth-order valence-corrected chi connectivity index (χ4v) is 5.19. The first kappa shape index (κ1) is 26.9. The average Bonchev–Trinajstić information content (AvgIpc) is 3.05. The first-order chi connectivity index (χ1) is 16.0. The number of amides is 1. The molecular formula is C26H34Cl2FN3O2. The van der Waals surface area contributed by atoms with Crippen molar-refractivity contribution < 1.29 is 14.3 Å². The lowest BCUT2D eigenvalue weighted by Gasteiger charge is -2.39. The zero-order valence-corrected chi connectivity index (χ0v) is 21.4. The second kappa shape index (κ2) is 10.9. The van der Waals surface area contributed by atoms with Crippen LogP contribution in [0.1, 0.15) is 57.1 Å². The fourth-order valence-electron chi connectivity index (χ4n) is 4.89. The van der Waals surface area contributed by atoms with E-state index < -0.39 is 23.3 Å². The molecule has 5 N–H and O–H groups in total. The molecule has 4 unspecified atom stereocenters. The second-order valence-electron chi connectivity index (χ2n) is 10.2. The number of rotatable bonds is 8. The second-order valence-corrected chi connectivity index (χ2v) is 11.1. The van der Waals surface area contributed by atoms with Crippen molar-refractivity contribution in [3.8, 4) is 0 Å². The van der Waals surface area contributed by atoms with Gasteiger partial charge in [-0.1, -0.05) is 68.2 Å². The Labute approximate surface area is 211 Å². The Morgan fingerprint density at radius 2 is 1.85 bits per heavy atom. The lowest BCUT2D eigenvalue weighted by atomic mass is 9.68. The summed E-state index contributed by atoms with van der Waals surface area (Å²) in [6, 6.07) is 10.9. The minimum absolute atomic E-state index is 0.0164. The summed E-state index contributed by atoms with van der Waals surface area (Å²) in [5.74, 6) is -1.56. The zero-order chi connectivity index (χ0) is 25.1. The van der Waals surface area contributed by atoms with Crippen LogP contribution < -0.4 is 16.4 Å². The molecule has 0 radical (unpaired) electrons. The molecule has 3 rings (SSSR count). The average molecular weight is 510 g/mol. The molecule has 1 fully saturated rings. The lowest BCUT2D eigenvalue weighted by molar-refractivity contribution is -0.123. The first-order valence-electron chi connectivity index (χ1n) is 11.6. The van der Waals surface area contributed by atoms with Gasteiger partial charge in [-0.3, -0.25) is 4.79 Å². The van der Waals surface area contributed by atoms with Crippen LogP contribution in [0.3, 0.4) is 0 Å². The third-order valence-electron chi connectivity index (χ3n) is 6.45. The highest BCUT2D eigenvalue weighted by Gasteiger charge is 2.57. The molecule has 1 saturated heterocycles. The zero-order valence-electron chi connectivity index (χ0n) is 19.9. The van der Waals surface area contributed by atoms with Crippen LogP contribution >= 0.6 is 23.2 Å². The number of aliphatic hydroxyl groups is 1. The molecule has 4 atom stereocenters. The van der Waals surface area contributed by atoms with Crippen LogP contribution in [0.25, 0.3) is 0 Å². The van der Waals surface area contributed by atoms with Crippen LogP contribution in [0.5, 0.6) is 0 Å². The Hall–Kier alpha value is -1.70. The Kier molecular flexibility index (Phi) is 8.64. The molecule has 1 amide bonds. The van der Waals surface area contributed by atoms with E-state index in [-0.39, 0.29) is 29.0 Å². The number of aliphatic hydroxyl groups excluding tert-OH is 1.